The van der Waals surface area contributed by atoms with E-state index in [4.69, 9.17) is 4.74 Å². The summed E-state index contributed by atoms with van der Waals surface area (Å²) in [5.74, 6) is 0.874. The predicted molar refractivity (Wildman–Crippen MR) is 119 cm³/mol. The molecule has 3 aromatic rings. The van der Waals surface area contributed by atoms with Gasteiger partial charge in [-0.25, -0.2) is 9.78 Å². The number of para-hydroxylation sites is 1. The van der Waals surface area contributed by atoms with E-state index in [-0.39, 0.29) is 12.1 Å². The minimum absolute atomic E-state index is 0.00519. The molecule has 0 radical (unpaired) electrons. The van der Waals surface area contributed by atoms with Crippen molar-refractivity contribution in [2.75, 3.05) is 18.5 Å². The summed E-state index contributed by atoms with van der Waals surface area (Å²) in [7, 11) is 2.01. The Hall–Kier alpha value is -3.34. The summed E-state index contributed by atoms with van der Waals surface area (Å²) in [5, 5.41) is 0. The standard InChI is InChI=1S/C25H27N3O2/c1-27(22-12-6-3-7-13-22)24-16-15-21(18-26-24)23-14-8-9-17-28(23)25(29)30-19-20-10-4-2-5-11-20/h2-7,10-13,15-16,18,23H,8-9,14,17,19H2,1H3/t23-/m1/s1. The number of rotatable bonds is 5. The SMILES string of the molecule is CN(c1ccccc1)c1ccc([C@H]2CCCCN2C(=O)OCc2ccccc2)cn1. The van der Waals surface area contributed by atoms with Gasteiger partial charge in [0, 0.05) is 25.5 Å². The van der Waals surface area contributed by atoms with Crippen molar-refractivity contribution in [3.63, 3.8) is 0 Å². The van der Waals surface area contributed by atoms with Crippen LogP contribution in [-0.2, 0) is 11.3 Å². The van der Waals surface area contributed by atoms with Crippen LogP contribution in [0, 0.1) is 0 Å². The third kappa shape index (κ3) is 4.62. The van der Waals surface area contributed by atoms with Crippen LogP contribution in [0.25, 0.3) is 0 Å². The fraction of sp³-hybridized carbons (Fsp3) is 0.280. The monoisotopic (exact) mass is 401 g/mol. The zero-order chi connectivity index (χ0) is 20.8. The van der Waals surface area contributed by atoms with Gasteiger partial charge in [-0.05, 0) is 48.6 Å². The summed E-state index contributed by atoms with van der Waals surface area (Å²) in [5.41, 5.74) is 3.13. The highest BCUT2D eigenvalue weighted by molar-refractivity contribution is 5.68. The molecule has 4 rings (SSSR count). The third-order valence-corrected chi connectivity index (χ3v) is 5.59. The molecule has 1 aliphatic rings. The molecule has 5 nitrogen and oxygen atoms in total. The number of aromatic nitrogens is 1. The van der Waals surface area contributed by atoms with Crippen LogP contribution >= 0.6 is 0 Å². The first kappa shape index (κ1) is 20.0. The molecule has 0 saturated carbocycles. The first-order chi connectivity index (χ1) is 14.7. The van der Waals surface area contributed by atoms with Crippen molar-refractivity contribution in [1.82, 2.24) is 9.88 Å². The lowest BCUT2D eigenvalue weighted by Crippen LogP contribution is -2.38. The van der Waals surface area contributed by atoms with E-state index in [9.17, 15) is 4.79 Å². The van der Waals surface area contributed by atoms with Crippen molar-refractivity contribution in [3.05, 3.63) is 90.1 Å². The van der Waals surface area contributed by atoms with E-state index < -0.39 is 0 Å². The fourth-order valence-corrected chi connectivity index (χ4v) is 3.88. The van der Waals surface area contributed by atoms with Gasteiger partial charge in [-0.2, -0.15) is 0 Å². The molecule has 1 amide bonds. The van der Waals surface area contributed by atoms with E-state index in [0.717, 1.165) is 41.9 Å². The van der Waals surface area contributed by atoms with Gasteiger partial charge in [0.1, 0.15) is 12.4 Å². The van der Waals surface area contributed by atoms with Gasteiger partial charge in [0.05, 0.1) is 6.04 Å². The minimum atomic E-state index is -0.256. The van der Waals surface area contributed by atoms with E-state index in [1.807, 2.05) is 72.7 Å². The van der Waals surface area contributed by atoms with Crippen LogP contribution < -0.4 is 4.90 Å². The maximum Gasteiger partial charge on any atom is 0.410 e. The van der Waals surface area contributed by atoms with Crippen molar-refractivity contribution in [2.45, 2.75) is 31.9 Å². The maximum absolute atomic E-state index is 12.8. The Labute approximate surface area is 177 Å². The van der Waals surface area contributed by atoms with Crippen molar-refractivity contribution < 1.29 is 9.53 Å². The Morgan fingerprint density at radius 2 is 1.77 bits per heavy atom. The summed E-state index contributed by atoms with van der Waals surface area (Å²) in [6.07, 6.45) is 4.66. The maximum atomic E-state index is 12.8. The molecule has 1 aromatic heterocycles. The highest BCUT2D eigenvalue weighted by Gasteiger charge is 2.29. The molecule has 0 bridgehead atoms. The smallest absolute Gasteiger partial charge is 0.410 e. The number of likely N-dealkylation sites (tertiary alicyclic amines) is 1. The number of pyridine rings is 1. The van der Waals surface area contributed by atoms with E-state index >= 15 is 0 Å². The van der Waals surface area contributed by atoms with Crippen LogP contribution in [0.1, 0.15) is 36.4 Å². The number of anilines is 2. The lowest BCUT2D eigenvalue weighted by molar-refractivity contribution is 0.0678. The van der Waals surface area contributed by atoms with Crippen LogP contribution in [0.3, 0.4) is 0 Å². The second-order valence-electron chi connectivity index (χ2n) is 7.59. The van der Waals surface area contributed by atoms with Crippen molar-refractivity contribution in [2.24, 2.45) is 0 Å². The van der Waals surface area contributed by atoms with E-state index in [0.29, 0.717) is 13.2 Å². The van der Waals surface area contributed by atoms with Crippen LogP contribution in [0.5, 0.6) is 0 Å². The van der Waals surface area contributed by atoms with Gasteiger partial charge in [-0.15, -0.1) is 0 Å². The molecule has 0 unspecified atom stereocenters. The van der Waals surface area contributed by atoms with E-state index in [1.54, 1.807) is 0 Å². The second-order valence-corrected chi connectivity index (χ2v) is 7.59. The number of hydrogen-bond acceptors (Lipinski definition) is 4. The highest BCUT2D eigenvalue weighted by Crippen LogP contribution is 2.32. The summed E-state index contributed by atoms with van der Waals surface area (Å²) >= 11 is 0. The average Bonchev–Trinajstić information content (AvgIpc) is 2.83. The Morgan fingerprint density at radius 1 is 1.03 bits per heavy atom. The largest absolute Gasteiger partial charge is 0.445 e. The van der Waals surface area contributed by atoms with E-state index in [2.05, 4.69) is 28.1 Å². The van der Waals surface area contributed by atoms with Gasteiger partial charge >= 0.3 is 6.09 Å². The van der Waals surface area contributed by atoms with E-state index in [1.165, 1.54) is 0 Å². The number of benzene rings is 2. The predicted octanol–water partition coefficient (Wildman–Crippen LogP) is 5.71. The number of hydrogen-bond donors (Lipinski definition) is 0. The number of piperidine rings is 1. The quantitative estimate of drug-likeness (QED) is 0.549. The zero-order valence-electron chi connectivity index (χ0n) is 17.3. The van der Waals surface area contributed by atoms with Gasteiger partial charge in [0.2, 0.25) is 0 Å². The molecular weight excluding hydrogens is 374 g/mol. The number of nitrogens with zero attached hydrogens (tertiary/aromatic N) is 3. The molecule has 0 spiro atoms. The summed E-state index contributed by atoms with van der Waals surface area (Å²) in [6, 6.07) is 24.0. The Bertz CT molecular complexity index is 945. The molecule has 5 heteroatoms. The van der Waals surface area contributed by atoms with Crippen molar-refractivity contribution in [1.29, 1.82) is 0 Å². The average molecular weight is 402 g/mol. The topological polar surface area (TPSA) is 45.7 Å². The lowest BCUT2D eigenvalue weighted by Gasteiger charge is -2.35. The van der Waals surface area contributed by atoms with Crippen LogP contribution in [0.15, 0.2) is 79.0 Å². The summed E-state index contributed by atoms with van der Waals surface area (Å²) in [4.78, 5) is 21.4. The molecule has 1 atom stereocenters. The lowest BCUT2D eigenvalue weighted by atomic mass is 9.97. The van der Waals surface area contributed by atoms with Crippen molar-refractivity contribution in [3.8, 4) is 0 Å². The van der Waals surface area contributed by atoms with Gasteiger partial charge in [-0.3, -0.25) is 0 Å². The van der Waals surface area contributed by atoms with Crippen LogP contribution in [-0.4, -0.2) is 29.6 Å². The molecule has 2 aromatic carbocycles. The highest BCUT2D eigenvalue weighted by atomic mass is 16.6. The Morgan fingerprint density at radius 3 is 2.47 bits per heavy atom. The Kier molecular flexibility index (Phi) is 6.28. The number of amides is 1. The number of carbonyl (C=O) groups is 1. The second kappa shape index (κ2) is 9.44. The van der Waals surface area contributed by atoms with Gasteiger partial charge in [-0.1, -0.05) is 54.6 Å². The molecule has 1 aliphatic heterocycles. The van der Waals surface area contributed by atoms with Gasteiger partial charge < -0.3 is 14.5 Å². The number of ether oxygens (including phenoxy) is 1. The molecule has 1 saturated heterocycles. The molecule has 0 aliphatic carbocycles. The molecule has 1 fully saturated rings. The fourth-order valence-electron chi connectivity index (χ4n) is 3.88. The molecule has 154 valence electrons. The zero-order valence-corrected chi connectivity index (χ0v) is 17.3. The molecule has 2 heterocycles. The minimum Gasteiger partial charge on any atom is -0.445 e. The number of carbonyl (C=O) groups excluding carboxylic acids is 1. The van der Waals surface area contributed by atoms with Crippen molar-refractivity contribution >= 4 is 17.6 Å². The first-order valence-corrected chi connectivity index (χ1v) is 10.4. The molecular formula is C25H27N3O2. The van der Waals surface area contributed by atoms with Crippen LogP contribution in [0.2, 0.25) is 0 Å². The first-order valence-electron chi connectivity index (χ1n) is 10.4. The normalized spacial score (nSPS) is 16.2. The van der Waals surface area contributed by atoms with Gasteiger partial charge in [0.25, 0.3) is 0 Å². The third-order valence-electron chi connectivity index (χ3n) is 5.59. The summed E-state index contributed by atoms with van der Waals surface area (Å²) < 4.78 is 5.60. The Balaban J connectivity index is 1.45. The molecule has 0 N–H and O–H groups in total. The van der Waals surface area contributed by atoms with Gasteiger partial charge in [0.15, 0.2) is 0 Å². The summed E-state index contributed by atoms with van der Waals surface area (Å²) in [6.45, 7) is 1.01. The van der Waals surface area contributed by atoms with Crippen LogP contribution in [0.4, 0.5) is 16.3 Å². The molecule has 30 heavy (non-hydrogen) atoms.